The monoisotopic (exact) mass is 440 g/mol. The number of aryl methyl sites for hydroxylation is 2. The van der Waals surface area contributed by atoms with Crippen molar-refractivity contribution in [2.24, 2.45) is 7.05 Å². The average molecular weight is 441 g/mol. The van der Waals surface area contributed by atoms with E-state index in [0.29, 0.717) is 5.75 Å². The largest absolute Gasteiger partial charge is 0.496 e. The molecule has 0 spiro atoms. The molecule has 0 radical (unpaired) electrons. The normalized spacial score (nSPS) is 12.1. The van der Waals surface area contributed by atoms with Gasteiger partial charge >= 0.3 is 0 Å². The van der Waals surface area contributed by atoms with Crippen LogP contribution >= 0.6 is 0 Å². The highest BCUT2D eigenvalue weighted by atomic mass is 16.5. The van der Waals surface area contributed by atoms with Crippen LogP contribution in [0, 0.1) is 13.8 Å². The number of nitrogens with zero attached hydrogens (tertiary/aromatic N) is 3. The van der Waals surface area contributed by atoms with Gasteiger partial charge in [0, 0.05) is 48.2 Å². The van der Waals surface area contributed by atoms with Gasteiger partial charge in [-0.1, -0.05) is 36.4 Å². The van der Waals surface area contributed by atoms with E-state index in [1.165, 1.54) is 0 Å². The Bertz CT molecular complexity index is 1280. The number of methoxy groups -OCH3 is 1. The molecule has 0 bridgehead atoms. The molecule has 0 aliphatic rings. The van der Waals surface area contributed by atoms with Gasteiger partial charge in [0.05, 0.1) is 7.11 Å². The first-order chi connectivity index (χ1) is 16.0. The fourth-order valence-electron chi connectivity index (χ4n) is 4.13. The van der Waals surface area contributed by atoms with E-state index in [1.807, 2.05) is 66.4 Å². The molecular formula is C27H28N4O2. The number of benzene rings is 2. The molecule has 2 aromatic heterocycles. The number of hydrogen-bond acceptors (Lipinski definition) is 3. The summed E-state index contributed by atoms with van der Waals surface area (Å²) in [6.07, 6.45) is 7.01. The smallest absolute Gasteiger partial charge is 0.244 e. The molecule has 6 heteroatoms. The van der Waals surface area contributed by atoms with E-state index >= 15 is 0 Å². The second-order valence-corrected chi connectivity index (χ2v) is 7.91. The van der Waals surface area contributed by atoms with E-state index < -0.39 is 6.04 Å². The Morgan fingerprint density at radius 3 is 2.52 bits per heavy atom. The summed E-state index contributed by atoms with van der Waals surface area (Å²) in [5.41, 5.74) is 5.13. The third-order valence-electron chi connectivity index (χ3n) is 5.75. The molecule has 0 aliphatic carbocycles. The zero-order chi connectivity index (χ0) is 23.4. The fourth-order valence-corrected chi connectivity index (χ4v) is 4.13. The molecule has 0 fully saturated rings. The van der Waals surface area contributed by atoms with Crippen LogP contribution in [0.15, 0.2) is 79.1 Å². The maximum atomic E-state index is 13.0. The van der Waals surface area contributed by atoms with Crippen LogP contribution in [0.25, 0.3) is 11.8 Å². The Hall–Kier alpha value is -4.06. The van der Waals surface area contributed by atoms with Crippen LogP contribution in [0.1, 0.15) is 34.4 Å². The Morgan fingerprint density at radius 2 is 1.82 bits per heavy atom. The Kier molecular flexibility index (Phi) is 6.45. The van der Waals surface area contributed by atoms with Gasteiger partial charge in [0.25, 0.3) is 0 Å². The number of para-hydroxylation sites is 2. The maximum absolute atomic E-state index is 13.0. The van der Waals surface area contributed by atoms with E-state index in [1.54, 1.807) is 19.4 Å². The van der Waals surface area contributed by atoms with Gasteiger partial charge in [0.1, 0.15) is 17.6 Å². The predicted molar refractivity (Wildman–Crippen MR) is 130 cm³/mol. The molecular weight excluding hydrogens is 412 g/mol. The van der Waals surface area contributed by atoms with Crippen LogP contribution < -0.4 is 10.1 Å². The van der Waals surface area contributed by atoms with E-state index in [9.17, 15) is 4.79 Å². The maximum Gasteiger partial charge on any atom is 0.244 e. The average Bonchev–Trinajstić information content (AvgIpc) is 3.38. The Labute approximate surface area is 194 Å². The van der Waals surface area contributed by atoms with E-state index in [4.69, 9.17) is 4.74 Å². The summed E-state index contributed by atoms with van der Waals surface area (Å²) in [5.74, 6) is 1.21. The quantitative estimate of drug-likeness (QED) is 0.422. The third kappa shape index (κ3) is 4.60. The highest BCUT2D eigenvalue weighted by Crippen LogP contribution is 2.29. The summed E-state index contributed by atoms with van der Waals surface area (Å²) in [4.78, 5) is 17.5. The van der Waals surface area contributed by atoms with Crippen LogP contribution in [0.2, 0.25) is 0 Å². The Balaban J connectivity index is 1.61. The molecule has 1 N–H and O–H groups in total. The molecule has 2 heterocycles. The van der Waals surface area contributed by atoms with Crippen molar-refractivity contribution in [2.45, 2.75) is 19.9 Å². The van der Waals surface area contributed by atoms with Crippen LogP contribution in [-0.2, 0) is 11.8 Å². The molecule has 1 amide bonds. The number of imidazole rings is 1. The first-order valence-electron chi connectivity index (χ1n) is 10.8. The van der Waals surface area contributed by atoms with Gasteiger partial charge in [-0.2, -0.15) is 0 Å². The van der Waals surface area contributed by atoms with E-state index in [-0.39, 0.29) is 5.91 Å². The van der Waals surface area contributed by atoms with Crippen LogP contribution in [0.4, 0.5) is 0 Å². The number of ether oxygens (including phenoxy) is 1. The lowest BCUT2D eigenvalue weighted by atomic mass is 10.0. The molecule has 0 saturated heterocycles. The van der Waals surface area contributed by atoms with Gasteiger partial charge in [0.15, 0.2) is 0 Å². The number of rotatable bonds is 7. The first kappa shape index (κ1) is 22.1. The summed E-state index contributed by atoms with van der Waals surface area (Å²) >= 11 is 0. The summed E-state index contributed by atoms with van der Waals surface area (Å²) in [7, 11) is 3.53. The van der Waals surface area contributed by atoms with Crippen molar-refractivity contribution < 1.29 is 9.53 Å². The van der Waals surface area contributed by atoms with Gasteiger partial charge < -0.3 is 19.2 Å². The highest BCUT2D eigenvalue weighted by Gasteiger charge is 2.23. The van der Waals surface area contributed by atoms with Crippen molar-refractivity contribution in [2.75, 3.05) is 7.11 Å². The lowest BCUT2D eigenvalue weighted by molar-refractivity contribution is -0.117. The second-order valence-electron chi connectivity index (χ2n) is 7.91. The molecule has 0 saturated carbocycles. The van der Waals surface area contributed by atoms with Crippen molar-refractivity contribution >= 4 is 12.0 Å². The number of aromatic nitrogens is 3. The topological polar surface area (TPSA) is 61.1 Å². The minimum Gasteiger partial charge on any atom is -0.496 e. The fraction of sp³-hybridized carbons (Fsp3) is 0.185. The summed E-state index contributed by atoms with van der Waals surface area (Å²) < 4.78 is 9.62. The standard InChI is InChI=1S/C27H28N4O2/c1-19-18-21(20(2)31(19)22-10-6-5-7-11-22)14-15-25(32)29-26(27-28-16-17-30(27)3)23-12-8-9-13-24(23)33-4/h5-18,26H,1-4H3,(H,29,32)/b15-14+. The lowest BCUT2D eigenvalue weighted by Gasteiger charge is -2.20. The summed E-state index contributed by atoms with van der Waals surface area (Å²) in [5, 5.41) is 3.10. The SMILES string of the molecule is COc1ccccc1C(NC(=O)/C=C/c1cc(C)n(-c2ccccc2)c1C)c1nccn1C. The Morgan fingerprint density at radius 1 is 1.09 bits per heavy atom. The first-order valence-corrected chi connectivity index (χ1v) is 10.8. The van der Waals surface area contributed by atoms with Crippen LogP contribution in [0.3, 0.4) is 0 Å². The van der Waals surface area contributed by atoms with Crippen molar-refractivity contribution in [3.05, 3.63) is 107 Å². The molecule has 1 unspecified atom stereocenters. The molecule has 33 heavy (non-hydrogen) atoms. The number of hydrogen-bond donors (Lipinski definition) is 1. The minimum absolute atomic E-state index is 0.210. The molecule has 4 rings (SSSR count). The molecule has 1 atom stereocenters. The summed E-state index contributed by atoms with van der Waals surface area (Å²) in [6.45, 7) is 4.12. The molecule has 2 aromatic carbocycles. The van der Waals surface area contributed by atoms with E-state index in [0.717, 1.165) is 34.0 Å². The van der Waals surface area contributed by atoms with Gasteiger partial charge in [-0.3, -0.25) is 4.79 Å². The van der Waals surface area contributed by atoms with Gasteiger partial charge in [-0.15, -0.1) is 0 Å². The van der Waals surface area contributed by atoms with Gasteiger partial charge in [-0.25, -0.2) is 4.98 Å². The minimum atomic E-state index is -0.449. The molecule has 6 nitrogen and oxygen atoms in total. The van der Waals surface area contributed by atoms with Crippen molar-refractivity contribution in [3.63, 3.8) is 0 Å². The number of nitrogens with one attached hydrogen (secondary N) is 1. The second kappa shape index (κ2) is 9.61. The van der Waals surface area contributed by atoms with Crippen LogP contribution in [0.5, 0.6) is 5.75 Å². The molecule has 0 aliphatic heterocycles. The van der Waals surface area contributed by atoms with Gasteiger partial charge in [-0.05, 0) is 49.8 Å². The van der Waals surface area contributed by atoms with Crippen molar-refractivity contribution in [1.29, 1.82) is 0 Å². The van der Waals surface area contributed by atoms with Gasteiger partial charge in [0.2, 0.25) is 5.91 Å². The number of carbonyl (C=O) groups excluding carboxylic acids is 1. The molecule has 4 aromatic rings. The van der Waals surface area contributed by atoms with Crippen LogP contribution in [-0.4, -0.2) is 27.1 Å². The lowest BCUT2D eigenvalue weighted by Crippen LogP contribution is -2.30. The predicted octanol–water partition coefficient (Wildman–Crippen LogP) is 4.76. The van der Waals surface area contributed by atoms with E-state index in [2.05, 4.69) is 46.9 Å². The zero-order valence-corrected chi connectivity index (χ0v) is 19.3. The highest BCUT2D eigenvalue weighted by molar-refractivity contribution is 5.92. The molecule has 168 valence electrons. The summed E-state index contributed by atoms with van der Waals surface area (Å²) in [6, 6.07) is 19.5. The third-order valence-corrected chi connectivity index (χ3v) is 5.75. The zero-order valence-electron chi connectivity index (χ0n) is 19.3. The number of amides is 1. The van der Waals surface area contributed by atoms with Crippen molar-refractivity contribution in [3.8, 4) is 11.4 Å². The van der Waals surface area contributed by atoms with Crippen molar-refractivity contribution in [1.82, 2.24) is 19.4 Å². The number of carbonyl (C=O) groups is 1.